The quantitative estimate of drug-likeness (QED) is 0.497. The average Bonchev–Trinajstić information content (AvgIpc) is 3.18. The molecule has 1 aliphatic rings. The van der Waals surface area contributed by atoms with E-state index in [4.69, 9.17) is 0 Å². The van der Waals surface area contributed by atoms with E-state index in [1.807, 2.05) is 6.92 Å². The summed E-state index contributed by atoms with van der Waals surface area (Å²) in [7, 11) is 0. The number of ketones is 1. The molecule has 3 amide bonds. The predicted octanol–water partition coefficient (Wildman–Crippen LogP) is 4.47. The highest BCUT2D eigenvalue weighted by atomic mass is 79.9. The van der Waals surface area contributed by atoms with Crippen LogP contribution < -0.4 is 5.32 Å². The molecule has 1 unspecified atom stereocenters. The van der Waals surface area contributed by atoms with Crippen molar-refractivity contribution in [3.63, 3.8) is 0 Å². The largest absolute Gasteiger partial charge is 0.325 e. The minimum Gasteiger partial charge on any atom is -0.319 e. The maximum absolute atomic E-state index is 13.3. The van der Waals surface area contributed by atoms with E-state index in [-0.39, 0.29) is 12.3 Å². The Morgan fingerprint density at radius 3 is 2.52 bits per heavy atom. The molecule has 2 aromatic rings. The third kappa shape index (κ3) is 3.82. The van der Waals surface area contributed by atoms with Crippen molar-refractivity contribution >= 4 is 45.0 Å². The van der Waals surface area contributed by atoms with Gasteiger partial charge in [0.05, 0.1) is 15.2 Å². The second kappa shape index (κ2) is 7.90. The van der Waals surface area contributed by atoms with Gasteiger partial charge in [0.15, 0.2) is 5.78 Å². The van der Waals surface area contributed by atoms with Gasteiger partial charge >= 0.3 is 6.03 Å². The molecule has 27 heavy (non-hydrogen) atoms. The van der Waals surface area contributed by atoms with Crippen molar-refractivity contribution in [2.45, 2.75) is 31.7 Å². The van der Waals surface area contributed by atoms with Crippen LogP contribution in [0.1, 0.15) is 41.4 Å². The van der Waals surface area contributed by atoms with Crippen molar-refractivity contribution in [1.82, 2.24) is 10.2 Å². The van der Waals surface area contributed by atoms with E-state index in [0.29, 0.717) is 23.3 Å². The van der Waals surface area contributed by atoms with Crippen molar-refractivity contribution in [2.75, 3.05) is 6.54 Å². The second-order valence-corrected chi connectivity index (χ2v) is 8.83. The Balaban J connectivity index is 1.90. The smallest absolute Gasteiger partial charge is 0.319 e. The zero-order chi connectivity index (χ0) is 19.6. The molecule has 0 bridgehead atoms. The number of hydrogen-bond donors (Lipinski definition) is 1. The Labute approximate surface area is 168 Å². The highest BCUT2D eigenvalue weighted by molar-refractivity contribution is 9.11. The van der Waals surface area contributed by atoms with Crippen LogP contribution in [0.5, 0.6) is 0 Å². The Morgan fingerprint density at radius 1 is 1.22 bits per heavy atom. The SMILES string of the molecule is CCCCC1(c2ccc(F)cc2)NC(=O)N(CC(=O)c2ccc(Br)s2)C1=O. The molecule has 0 spiro atoms. The third-order valence-electron chi connectivity index (χ3n) is 4.57. The first-order chi connectivity index (χ1) is 12.9. The van der Waals surface area contributed by atoms with Crippen LogP contribution >= 0.6 is 27.3 Å². The maximum Gasteiger partial charge on any atom is 0.325 e. The molecule has 0 aliphatic carbocycles. The van der Waals surface area contributed by atoms with E-state index in [1.54, 1.807) is 12.1 Å². The summed E-state index contributed by atoms with van der Waals surface area (Å²) in [6.45, 7) is 1.66. The lowest BCUT2D eigenvalue weighted by atomic mass is 9.84. The number of amides is 3. The normalized spacial score (nSPS) is 19.4. The van der Waals surface area contributed by atoms with Gasteiger partial charge in [0.25, 0.3) is 5.91 Å². The Hall–Kier alpha value is -2.06. The molecule has 0 radical (unpaired) electrons. The van der Waals surface area contributed by atoms with Crippen LogP contribution in [0.2, 0.25) is 0 Å². The van der Waals surface area contributed by atoms with Gasteiger partial charge in [0.2, 0.25) is 0 Å². The van der Waals surface area contributed by atoms with Gasteiger partial charge in [-0.1, -0.05) is 31.9 Å². The molecule has 0 saturated carbocycles. The van der Waals surface area contributed by atoms with Crippen LogP contribution in [0.25, 0.3) is 0 Å². The number of rotatable bonds is 7. The van der Waals surface area contributed by atoms with E-state index in [9.17, 15) is 18.8 Å². The van der Waals surface area contributed by atoms with Gasteiger partial charge < -0.3 is 5.32 Å². The minimum absolute atomic E-state index is 0.306. The lowest BCUT2D eigenvalue weighted by Gasteiger charge is -2.27. The summed E-state index contributed by atoms with van der Waals surface area (Å²) in [4.78, 5) is 39.6. The summed E-state index contributed by atoms with van der Waals surface area (Å²) < 4.78 is 14.1. The highest BCUT2D eigenvalue weighted by Gasteiger charge is 2.52. The zero-order valence-electron chi connectivity index (χ0n) is 14.6. The number of carbonyl (C=O) groups is 3. The highest BCUT2D eigenvalue weighted by Crippen LogP contribution is 2.34. The lowest BCUT2D eigenvalue weighted by molar-refractivity contribution is -0.131. The van der Waals surface area contributed by atoms with Crippen molar-refractivity contribution < 1.29 is 18.8 Å². The van der Waals surface area contributed by atoms with Gasteiger partial charge in [-0.15, -0.1) is 11.3 Å². The van der Waals surface area contributed by atoms with Gasteiger partial charge in [-0.3, -0.25) is 14.5 Å². The van der Waals surface area contributed by atoms with Crippen LogP contribution in [0, 0.1) is 5.82 Å². The maximum atomic E-state index is 13.3. The van der Waals surface area contributed by atoms with Gasteiger partial charge in [-0.05, 0) is 52.2 Å². The number of halogens is 2. The van der Waals surface area contributed by atoms with Crippen molar-refractivity contribution in [3.8, 4) is 0 Å². The molecule has 3 rings (SSSR count). The number of urea groups is 1. The number of imide groups is 1. The van der Waals surface area contributed by atoms with Crippen molar-refractivity contribution in [2.24, 2.45) is 0 Å². The Morgan fingerprint density at radius 2 is 1.93 bits per heavy atom. The second-order valence-electron chi connectivity index (χ2n) is 6.36. The first-order valence-corrected chi connectivity index (χ1v) is 10.2. The molecule has 1 saturated heterocycles. The van der Waals surface area contributed by atoms with E-state index in [2.05, 4.69) is 21.2 Å². The molecule has 1 aromatic carbocycles. The molecule has 2 heterocycles. The first kappa shape index (κ1) is 19.7. The Kier molecular flexibility index (Phi) is 5.76. The van der Waals surface area contributed by atoms with Crippen LogP contribution in [-0.2, 0) is 10.3 Å². The molecule has 1 aliphatic heterocycles. The molecule has 1 aromatic heterocycles. The summed E-state index contributed by atoms with van der Waals surface area (Å²) in [5.74, 6) is -1.20. The lowest BCUT2D eigenvalue weighted by Crippen LogP contribution is -2.44. The minimum atomic E-state index is -1.27. The van der Waals surface area contributed by atoms with E-state index < -0.39 is 23.3 Å². The fraction of sp³-hybridized carbons (Fsp3) is 0.316. The van der Waals surface area contributed by atoms with Gasteiger partial charge in [0, 0.05) is 0 Å². The number of unbranched alkanes of at least 4 members (excludes halogenated alkanes) is 1. The topological polar surface area (TPSA) is 66.5 Å². The Bertz CT molecular complexity index is 883. The van der Waals surface area contributed by atoms with Crippen LogP contribution in [-0.4, -0.2) is 29.2 Å². The van der Waals surface area contributed by atoms with E-state index in [1.165, 1.54) is 35.6 Å². The molecule has 8 heteroatoms. The molecule has 142 valence electrons. The molecule has 5 nitrogen and oxygen atoms in total. The molecular weight excluding hydrogens is 435 g/mol. The van der Waals surface area contributed by atoms with Gasteiger partial charge in [-0.2, -0.15) is 0 Å². The van der Waals surface area contributed by atoms with E-state index in [0.717, 1.165) is 15.1 Å². The van der Waals surface area contributed by atoms with Crippen LogP contribution in [0.3, 0.4) is 0 Å². The standard InChI is InChI=1S/C19H18BrFN2O3S/c1-2-3-10-19(12-4-6-13(21)7-5-12)17(25)23(18(26)22-19)11-14(24)15-8-9-16(20)27-15/h4-9H,2-3,10-11H2,1H3,(H,22,26). The number of carbonyl (C=O) groups excluding carboxylic acids is 3. The number of nitrogens with one attached hydrogen (secondary N) is 1. The molecule has 1 fully saturated rings. The van der Waals surface area contributed by atoms with Crippen LogP contribution in [0.4, 0.5) is 9.18 Å². The van der Waals surface area contributed by atoms with Crippen molar-refractivity contribution in [1.29, 1.82) is 0 Å². The molecular formula is C19H18BrFN2O3S. The summed E-state index contributed by atoms with van der Waals surface area (Å²) in [6, 6.07) is 8.33. The zero-order valence-corrected chi connectivity index (χ0v) is 17.0. The summed E-state index contributed by atoms with van der Waals surface area (Å²) >= 11 is 4.54. The number of thiophene rings is 1. The first-order valence-electron chi connectivity index (χ1n) is 8.56. The average molecular weight is 453 g/mol. The number of benzene rings is 1. The monoisotopic (exact) mass is 452 g/mol. The summed E-state index contributed by atoms with van der Waals surface area (Å²) in [6.07, 6.45) is 1.91. The number of Topliss-reactive ketones (excluding diaryl/α,β-unsaturated/α-hetero) is 1. The molecule has 1 atom stereocenters. The van der Waals surface area contributed by atoms with Crippen molar-refractivity contribution in [3.05, 3.63) is 56.4 Å². The third-order valence-corrected chi connectivity index (χ3v) is 6.23. The number of nitrogens with zero attached hydrogens (tertiary/aromatic N) is 1. The van der Waals surface area contributed by atoms with Crippen LogP contribution in [0.15, 0.2) is 40.2 Å². The van der Waals surface area contributed by atoms with Gasteiger partial charge in [0.1, 0.15) is 11.4 Å². The fourth-order valence-corrected chi connectivity index (χ4v) is 4.46. The number of hydrogen-bond acceptors (Lipinski definition) is 4. The predicted molar refractivity (Wildman–Crippen MR) is 104 cm³/mol. The fourth-order valence-electron chi connectivity index (χ4n) is 3.14. The summed E-state index contributed by atoms with van der Waals surface area (Å²) in [5.41, 5.74) is -0.749. The van der Waals surface area contributed by atoms with Gasteiger partial charge in [-0.25, -0.2) is 9.18 Å². The van der Waals surface area contributed by atoms with E-state index >= 15 is 0 Å². The summed E-state index contributed by atoms with van der Waals surface area (Å²) in [5, 5.41) is 2.76. The molecule has 1 N–H and O–H groups in total.